The quantitative estimate of drug-likeness (QED) is 0.559. The van der Waals surface area contributed by atoms with Gasteiger partial charge in [-0.25, -0.2) is 0 Å². The third-order valence-corrected chi connectivity index (χ3v) is 6.75. The van der Waals surface area contributed by atoms with E-state index in [1.807, 2.05) is 0 Å². The molecule has 0 fully saturated rings. The Labute approximate surface area is 88.1 Å². The number of nitrogens with two attached hydrogens (primary N) is 1. The molecular weight excluding hydrogens is 189 g/mol. The fourth-order valence-electron chi connectivity index (χ4n) is 1.78. The molecule has 0 aromatic heterocycles. The molecular formula is C12H22NP. The van der Waals surface area contributed by atoms with Crippen LogP contribution in [0, 0.1) is 0 Å². The fourth-order valence-corrected chi connectivity index (χ4v) is 4.60. The average Bonchev–Trinajstić information content (AvgIpc) is 2.48. The summed E-state index contributed by atoms with van der Waals surface area (Å²) in [5, 5.41) is 1.57. The van der Waals surface area contributed by atoms with Gasteiger partial charge < -0.3 is 0 Å². The van der Waals surface area contributed by atoms with Gasteiger partial charge in [0.25, 0.3) is 0 Å². The summed E-state index contributed by atoms with van der Waals surface area (Å²) in [5.41, 5.74) is 6.90. The second-order valence-corrected chi connectivity index (χ2v) is 8.30. The van der Waals surface area contributed by atoms with Gasteiger partial charge in [0, 0.05) is 0 Å². The molecule has 0 aliphatic carbocycles. The van der Waals surface area contributed by atoms with E-state index in [-0.39, 0.29) is 0 Å². The molecule has 80 valence electrons. The first-order valence-corrected chi connectivity index (χ1v) is 8.00. The molecule has 2 heteroatoms. The summed E-state index contributed by atoms with van der Waals surface area (Å²) in [4.78, 5) is 0. The van der Waals surface area contributed by atoms with Crippen LogP contribution in [-0.2, 0) is 0 Å². The first-order chi connectivity index (χ1) is 6.58. The Morgan fingerprint density at radius 1 is 1.57 bits per heavy atom. The Hall–Kier alpha value is -0.390. The average molecular weight is 211 g/mol. The van der Waals surface area contributed by atoms with Crippen molar-refractivity contribution in [3.63, 3.8) is 0 Å². The van der Waals surface area contributed by atoms with Gasteiger partial charge >= 0.3 is 87.6 Å². The molecule has 0 spiro atoms. The number of unbranched alkanes of at least 4 members (excludes halogenated alkanes) is 1. The summed E-state index contributed by atoms with van der Waals surface area (Å²) in [6.07, 6.45) is 6.87. The van der Waals surface area contributed by atoms with E-state index >= 15 is 0 Å². The monoisotopic (exact) mass is 211 g/mol. The van der Waals surface area contributed by atoms with E-state index in [0.29, 0.717) is 0 Å². The molecule has 0 saturated carbocycles. The van der Waals surface area contributed by atoms with Gasteiger partial charge in [-0.15, -0.1) is 0 Å². The van der Waals surface area contributed by atoms with Crippen molar-refractivity contribution in [2.24, 2.45) is 5.73 Å². The van der Waals surface area contributed by atoms with E-state index in [1.165, 1.54) is 5.57 Å². The van der Waals surface area contributed by atoms with E-state index in [1.54, 1.807) is 5.31 Å². The molecule has 1 rings (SSSR count). The molecule has 1 aliphatic heterocycles. The molecule has 2 N–H and O–H groups in total. The van der Waals surface area contributed by atoms with Gasteiger partial charge in [0.05, 0.1) is 0 Å². The maximum absolute atomic E-state index is 5.48. The Bertz CT molecular complexity index is 289. The van der Waals surface area contributed by atoms with Crippen molar-refractivity contribution in [1.29, 1.82) is 0 Å². The van der Waals surface area contributed by atoms with Crippen LogP contribution in [-0.4, -0.2) is 13.2 Å². The Balaban J connectivity index is 2.65. The van der Waals surface area contributed by atoms with Gasteiger partial charge in [0.15, 0.2) is 0 Å². The molecule has 0 radical (unpaired) electrons. The normalized spacial score (nSPS) is 22.3. The minimum atomic E-state index is -1.32. The van der Waals surface area contributed by atoms with Crippen molar-refractivity contribution < 1.29 is 0 Å². The maximum atomic E-state index is 5.48. The Morgan fingerprint density at radius 2 is 2.29 bits per heavy atom. The number of hydrogen-bond acceptors (Lipinski definition) is 1. The molecule has 1 aliphatic rings. The van der Waals surface area contributed by atoms with E-state index in [4.69, 9.17) is 5.73 Å². The first kappa shape index (κ1) is 11.7. The Morgan fingerprint density at radius 3 is 2.79 bits per heavy atom. The van der Waals surface area contributed by atoms with Crippen LogP contribution >= 0.6 is 7.26 Å². The van der Waals surface area contributed by atoms with E-state index in [9.17, 15) is 0 Å². The van der Waals surface area contributed by atoms with Crippen LogP contribution in [0.4, 0.5) is 0 Å². The summed E-state index contributed by atoms with van der Waals surface area (Å²) in [6, 6.07) is 0. The third-order valence-electron chi connectivity index (χ3n) is 2.93. The second kappa shape index (κ2) is 4.91. The van der Waals surface area contributed by atoms with Gasteiger partial charge in [0.2, 0.25) is 0 Å². The Kier molecular flexibility index (Phi) is 4.10. The summed E-state index contributed by atoms with van der Waals surface area (Å²) >= 11 is 0. The predicted molar refractivity (Wildman–Crippen MR) is 69.2 cm³/mol. The zero-order chi connectivity index (χ0) is 10.6. The van der Waals surface area contributed by atoms with Crippen molar-refractivity contribution in [2.75, 3.05) is 13.2 Å². The van der Waals surface area contributed by atoms with Crippen LogP contribution < -0.4 is 5.73 Å². The van der Waals surface area contributed by atoms with Crippen LogP contribution in [0.25, 0.3) is 0 Å². The zero-order valence-corrected chi connectivity index (χ0v) is 10.5. The fraction of sp³-hybridized carbons (Fsp3) is 0.500. The molecule has 0 aromatic carbocycles. The molecule has 0 saturated heterocycles. The number of allylic oxidation sites excluding steroid dienone is 4. The topological polar surface area (TPSA) is 26.0 Å². The van der Waals surface area contributed by atoms with Gasteiger partial charge in [0.1, 0.15) is 0 Å². The standard InChI is InChI=1S/C12H22NP/c1-11-7-9-14(3,10-11)12(2)6-4-5-8-13/h6-7,9-10,14H,4-5,8,13H2,1-3H3/b12-6+. The summed E-state index contributed by atoms with van der Waals surface area (Å²) < 4.78 is 0. The van der Waals surface area contributed by atoms with E-state index < -0.39 is 7.26 Å². The minimum absolute atomic E-state index is 0.798. The number of hydrogen-bond donors (Lipinski definition) is 1. The molecule has 14 heavy (non-hydrogen) atoms. The van der Waals surface area contributed by atoms with Crippen molar-refractivity contribution in [3.05, 3.63) is 34.7 Å². The van der Waals surface area contributed by atoms with Gasteiger partial charge in [-0.3, -0.25) is 0 Å². The molecule has 0 unspecified atom stereocenters. The summed E-state index contributed by atoms with van der Waals surface area (Å²) in [5.74, 6) is 4.87. The molecule has 1 heterocycles. The van der Waals surface area contributed by atoms with Crippen molar-refractivity contribution in [3.8, 4) is 0 Å². The molecule has 0 aromatic rings. The first-order valence-electron chi connectivity index (χ1n) is 5.34. The van der Waals surface area contributed by atoms with Crippen molar-refractivity contribution >= 4 is 7.26 Å². The predicted octanol–water partition coefficient (Wildman–Crippen LogP) is 3.44. The number of rotatable bonds is 4. The SMILES string of the molecule is CC1=C[PH](C)(/C(C)=C/CCCN)C=C1. The van der Waals surface area contributed by atoms with Crippen molar-refractivity contribution in [1.82, 2.24) is 0 Å². The third kappa shape index (κ3) is 2.80. The van der Waals surface area contributed by atoms with E-state index in [2.05, 4.69) is 44.3 Å². The van der Waals surface area contributed by atoms with Gasteiger partial charge in [-0.05, 0) is 0 Å². The van der Waals surface area contributed by atoms with Crippen LogP contribution in [0.1, 0.15) is 26.7 Å². The zero-order valence-electron chi connectivity index (χ0n) is 9.51. The van der Waals surface area contributed by atoms with Gasteiger partial charge in [-0.2, -0.15) is 0 Å². The summed E-state index contributed by atoms with van der Waals surface area (Å²) in [6.45, 7) is 7.64. The van der Waals surface area contributed by atoms with Crippen LogP contribution in [0.2, 0.25) is 0 Å². The van der Waals surface area contributed by atoms with Crippen LogP contribution in [0.5, 0.6) is 0 Å². The van der Waals surface area contributed by atoms with E-state index in [0.717, 1.165) is 19.4 Å². The van der Waals surface area contributed by atoms with Crippen molar-refractivity contribution in [2.45, 2.75) is 26.7 Å². The molecule has 0 amide bonds. The summed E-state index contributed by atoms with van der Waals surface area (Å²) in [7, 11) is -1.32. The molecule has 1 nitrogen and oxygen atoms in total. The van der Waals surface area contributed by atoms with Crippen LogP contribution in [0.15, 0.2) is 34.7 Å². The van der Waals surface area contributed by atoms with Gasteiger partial charge in [-0.1, -0.05) is 0 Å². The molecule has 0 bridgehead atoms. The van der Waals surface area contributed by atoms with Crippen LogP contribution in [0.3, 0.4) is 0 Å². The molecule has 0 atom stereocenters. The second-order valence-electron chi connectivity index (χ2n) is 4.32.